The summed E-state index contributed by atoms with van der Waals surface area (Å²) < 4.78 is 1.98. The van der Waals surface area contributed by atoms with Crippen molar-refractivity contribution in [1.82, 2.24) is 15.1 Å². The molecular weight excluding hydrogens is 278 g/mol. The van der Waals surface area contributed by atoms with Crippen molar-refractivity contribution >= 4 is 22.7 Å². The van der Waals surface area contributed by atoms with E-state index in [2.05, 4.69) is 26.1 Å². The molecule has 116 valence electrons. The van der Waals surface area contributed by atoms with Gasteiger partial charge in [-0.3, -0.25) is 19.6 Å². The molecule has 1 aliphatic heterocycles. The molecule has 2 aromatic rings. The van der Waals surface area contributed by atoms with Crippen LogP contribution in [0.1, 0.15) is 45.2 Å². The lowest BCUT2D eigenvalue weighted by Crippen LogP contribution is -2.39. The first kappa shape index (κ1) is 14.8. The van der Waals surface area contributed by atoms with E-state index in [0.29, 0.717) is 12.8 Å². The van der Waals surface area contributed by atoms with Gasteiger partial charge in [0, 0.05) is 18.4 Å². The Hall–Kier alpha value is -2.17. The number of imide groups is 1. The number of aromatic nitrogens is 2. The van der Waals surface area contributed by atoms with E-state index in [0.717, 1.165) is 23.1 Å². The lowest BCUT2D eigenvalue weighted by Gasteiger charge is -2.20. The summed E-state index contributed by atoms with van der Waals surface area (Å²) in [6, 6.07) is 7.97. The molecule has 0 spiro atoms. The largest absolute Gasteiger partial charge is 0.296 e. The van der Waals surface area contributed by atoms with Gasteiger partial charge in [-0.15, -0.1) is 0 Å². The van der Waals surface area contributed by atoms with Gasteiger partial charge in [-0.2, -0.15) is 5.10 Å². The summed E-state index contributed by atoms with van der Waals surface area (Å²) in [5, 5.41) is 8.14. The van der Waals surface area contributed by atoms with Gasteiger partial charge in [0.15, 0.2) is 0 Å². The smallest absolute Gasteiger partial charge is 0.235 e. The summed E-state index contributed by atoms with van der Waals surface area (Å²) in [5.41, 5.74) is 1.92. The number of carbonyl (C=O) groups is 2. The Kier molecular flexibility index (Phi) is 3.51. The SMILES string of the molecule is CC(C)(C)Cn1nc(C2CCC(=O)NC2=O)c2ccccc21. The maximum Gasteiger partial charge on any atom is 0.235 e. The minimum Gasteiger partial charge on any atom is -0.296 e. The third-order valence-electron chi connectivity index (χ3n) is 3.88. The van der Waals surface area contributed by atoms with E-state index in [1.165, 1.54) is 0 Å². The van der Waals surface area contributed by atoms with Crippen LogP contribution in [0, 0.1) is 5.41 Å². The van der Waals surface area contributed by atoms with Gasteiger partial charge in [-0.05, 0) is 17.9 Å². The highest BCUT2D eigenvalue weighted by atomic mass is 16.2. The second-order valence-electron chi connectivity index (χ2n) is 7.12. The minimum atomic E-state index is -0.344. The molecule has 22 heavy (non-hydrogen) atoms. The number of nitrogens with zero attached hydrogens (tertiary/aromatic N) is 2. The molecule has 1 N–H and O–H groups in total. The molecule has 0 saturated carbocycles. The molecule has 1 aromatic carbocycles. The number of benzene rings is 1. The quantitative estimate of drug-likeness (QED) is 0.867. The molecule has 1 atom stereocenters. The van der Waals surface area contributed by atoms with E-state index < -0.39 is 0 Å². The summed E-state index contributed by atoms with van der Waals surface area (Å²) in [7, 11) is 0. The molecular formula is C17H21N3O2. The van der Waals surface area contributed by atoms with E-state index in [1.54, 1.807) is 0 Å². The Morgan fingerprint density at radius 3 is 2.68 bits per heavy atom. The van der Waals surface area contributed by atoms with Gasteiger partial charge >= 0.3 is 0 Å². The van der Waals surface area contributed by atoms with Crippen molar-refractivity contribution in [2.45, 2.75) is 46.1 Å². The normalized spacial score (nSPS) is 19.5. The fourth-order valence-electron chi connectivity index (χ4n) is 2.93. The average molecular weight is 299 g/mol. The summed E-state index contributed by atoms with van der Waals surface area (Å²) in [5.74, 6) is -0.772. The molecule has 1 fully saturated rings. The number of nitrogens with one attached hydrogen (secondary N) is 1. The number of hydrogen-bond acceptors (Lipinski definition) is 3. The van der Waals surface area contributed by atoms with Crippen molar-refractivity contribution in [3.05, 3.63) is 30.0 Å². The van der Waals surface area contributed by atoms with Crippen LogP contribution >= 0.6 is 0 Å². The van der Waals surface area contributed by atoms with Crippen LogP contribution in [0.2, 0.25) is 0 Å². The highest BCUT2D eigenvalue weighted by molar-refractivity contribution is 6.02. The van der Waals surface area contributed by atoms with Crippen molar-refractivity contribution < 1.29 is 9.59 Å². The van der Waals surface area contributed by atoms with Gasteiger partial charge in [0.05, 0.1) is 17.1 Å². The van der Waals surface area contributed by atoms with Gasteiger partial charge in [-0.1, -0.05) is 39.0 Å². The molecule has 1 unspecified atom stereocenters. The third-order valence-corrected chi connectivity index (χ3v) is 3.88. The standard InChI is InChI=1S/C17H21N3O2/c1-17(2,3)10-20-13-7-5-4-6-11(13)15(19-20)12-8-9-14(21)18-16(12)22/h4-7,12H,8-10H2,1-3H3,(H,18,21,22). The Balaban J connectivity index is 2.06. The Labute approximate surface area is 129 Å². The van der Waals surface area contributed by atoms with Gasteiger partial charge in [0.25, 0.3) is 0 Å². The highest BCUT2D eigenvalue weighted by Crippen LogP contribution is 2.31. The van der Waals surface area contributed by atoms with Crippen molar-refractivity contribution in [3.63, 3.8) is 0 Å². The number of carbonyl (C=O) groups excluding carboxylic acids is 2. The Morgan fingerprint density at radius 1 is 1.27 bits per heavy atom. The monoisotopic (exact) mass is 299 g/mol. The molecule has 0 bridgehead atoms. The van der Waals surface area contributed by atoms with E-state index in [9.17, 15) is 9.59 Å². The molecule has 0 radical (unpaired) electrons. The second-order valence-corrected chi connectivity index (χ2v) is 7.12. The zero-order chi connectivity index (χ0) is 15.9. The molecule has 2 heterocycles. The second kappa shape index (κ2) is 5.23. The van der Waals surface area contributed by atoms with Gasteiger partial charge in [0.2, 0.25) is 11.8 Å². The molecule has 2 amide bonds. The highest BCUT2D eigenvalue weighted by Gasteiger charge is 2.32. The van der Waals surface area contributed by atoms with E-state index in [1.807, 2.05) is 28.9 Å². The molecule has 3 rings (SSSR count). The van der Waals surface area contributed by atoms with Crippen LogP contribution in [-0.2, 0) is 16.1 Å². The molecule has 0 aliphatic carbocycles. The van der Waals surface area contributed by atoms with Gasteiger partial charge in [0.1, 0.15) is 0 Å². The van der Waals surface area contributed by atoms with Crippen LogP contribution < -0.4 is 5.32 Å². The number of para-hydroxylation sites is 1. The van der Waals surface area contributed by atoms with Crippen LogP contribution in [-0.4, -0.2) is 21.6 Å². The summed E-state index contributed by atoms with van der Waals surface area (Å²) in [6.45, 7) is 7.26. The lowest BCUT2D eigenvalue weighted by molar-refractivity contribution is -0.134. The number of amides is 2. The molecule has 5 heteroatoms. The van der Waals surface area contributed by atoms with Crippen LogP contribution in [0.4, 0.5) is 0 Å². The Bertz CT molecular complexity index is 740. The molecule has 1 aromatic heterocycles. The first-order valence-electron chi connectivity index (χ1n) is 7.64. The van der Waals surface area contributed by atoms with Crippen LogP contribution in [0.25, 0.3) is 10.9 Å². The summed E-state index contributed by atoms with van der Waals surface area (Å²) >= 11 is 0. The zero-order valence-electron chi connectivity index (χ0n) is 13.2. The van der Waals surface area contributed by atoms with Crippen LogP contribution in [0.5, 0.6) is 0 Å². The average Bonchev–Trinajstić information content (AvgIpc) is 2.76. The van der Waals surface area contributed by atoms with Crippen molar-refractivity contribution in [1.29, 1.82) is 0 Å². The fraction of sp³-hybridized carbons (Fsp3) is 0.471. The third kappa shape index (κ3) is 2.75. The van der Waals surface area contributed by atoms with E-state index in [-0.39, 0.29) is 23.1 Å². The van der Waals surface area contributed by atoms with Crippen LogP contribution in [0.3, 0.4) is 0 Å². The Morgan fingerprint density at radius 2 is 2.00 bits per heavy atom. The van der Waals surface area contributed by atoms with Crippen molar-refractivity contribution in [2.24, 2.45) is 5.41 Å². The van der Waals surface area contributed by atoms with E-state index >= 15 is 0 Å². The number of hydrogen-bond donors (Lipinski definition) is 1. The summed E-state index contributed by atoms with van der Waals surface area (Å²) in [4.78, 5) is 23.5. The lowest BCUT2D eigenvalue weighted by atomic mass is 9.93. The zero-order valence-corrected chi connectivity index (χ0v) is 13.2. The van der Waals surface area contributed by atoms with Gasteiger partial charge in [-0.25, -0.2) is 0 Å². The number of rotatable bonds is 2. The molecule has 1 saturated heterocycles. The molecule has 5 nitrogen and oxygen atoms in total. The summed E-state index contributed by atoms with van der Waals surface area (Å²) in [6.07, 6.45) is 0.901. The van der Waals surface area contributed by atoms with Crippen molar-refractivity contribution in [3.8, 4) is 0 Å². The maximum absolute atomic E-state index is 12.2. The van der Waals surface area contributed by atoms with Crippen molar-refractivity contribution in [2.75, 3.05) is 0 Å². The number of piperidine rings is 1. The topological polar surface area (TPSA) is 64.0 Å². The fourth-order valence-corrected chi connectivity index (χ4v) is 2.93. The van der Waals surface area contributed by atoms with Crippen LogP contribution in [0.15, 0.2) is 24.3 Å². The number of fused-ring (bicyclic) bond motifs is 1. The minimum absolute atomic E-state index is 0.0941. The predicted molar refractivity (Wildman–Crippen MR) is 84.3 cm³/mol. The molecule has 1 aliphatic rings. The first-order chi connectivity index (χ1) is 10.3. The predicted octanol–water partition coefficient (Wildman–Crippen LogP) is 2.60. The van der Waals surface area contributed by atoms with E-state index in [4.69, 9.17) is 5.10 Å². The van der Waals surface area contributed by atoms with Gasteiger partial charge < -0.3 is 0 Å². The maximum atomic E-state index is 12.2. The first-order valence-corrected chi connectivity index (χ1v) is 7.64.